The van der Waals surface area contributed by atoms with Gasteiger partial charge in [0.15, 0.2) is 0 Å². The van der Waals surface area contributed by atoms with Crippen molar-refractivity contribution in [3.63, 3.8) is 0 Å². The molecule has 11 aromatic rings. The summed E-state index contributed by atoms with van der Waals surface area (Å²) in [5.41, 5.74) is 21.8. The topological polar surface area (TPSA) is 175 Å². The fourth-order valence-electron chi connectivity index (χ4n) is 20.1. The SMILES string of the molecule is C.C.C.CC(C)(C)CC(C)(C)NCCNCC(c1ccccc1)c1ccccc1.CCCCNCCNCC(c1ccccc1)c1ccccc1.C[C@H](NCCNCC(c1ccccc1)c1ccccc1)C1CCCCC1.C[C@H]1[C@H](C)C[C@@H]2C[C@H]1C2(C)C.Cc1cc(C(O)C(C)NCCNCC(c2ccccc2)c2ccccc2)ccc1O.NCCNCC(c1ccccc1)c1ccccc1.S.S. The molecule has 2 unspecified atom stereocenters. The van der Waals surface area contributed by atoms with Crippen molar-refractivity contribution in [2.75, 3.05) is 105 Å². The first-order valence-electron chi connectivity index (χ1n) is 50.7. The molecular formula is C124H186N10O2S2. The number of benzene rings is 11. The second kappa shape index (κ2) is 67.8. The Morgan fingerprint density at radius 1 is 0.384 bits per heavy atom. The van der Waals surface area contributed by atoms with E-state index in [0.29, 0.717) is 53.0 Å². The first-order chi connectivity index (χ1) is 64.5. The maximum Gasteiger partial charge on any atom is 0.118 e. The molecule has 4 aliphatic rings. The van der Waals surface area contributed by atoms with E-state index in [4.69, 9.17) is 5.73 Å². The lowest BCUT2D eigenvalue weighted by atomic mass is 9.44. The first kappa shape index (κ1) is 122. The molecule has 0 radical (unpaired) electrons. The van der Waals surface area contributed by atoms with Crippen LogP contribution >= 0.6 is 27.0 Å². The minimum atomic E-state index is -0.620. The summed E-state index contributed by atoms with van der Waals surface area (Å²) in [6.45, 7) is 44.7. The summed E-state index contributed by atoms with van der Waals surface area (Å²) >= 11 is 0. The Hall–Kier alpha value is -8.52. The summed E-state index contributed by atoms with van der Waals surface area (Å²) in [5.74, 6) is 7.10. The molecule has 138 heavy (non-hydrogen) atoms. The normalized spacial score (nSPS) is 15.8. The number of hydrogen-bond acceptors (Lipinski definition) is 12. The van der Waals surface area contributed by atoms with E-state index in [-0.39, 0.29) is 66.6 Å². The number of aromatic hydroxyl groups is 1. The quantitative estimate of drug-likeness (QED) is 0.0163. The molecule has 0 heterocycles. The highest BCUT2D eigenvalue weighted by Crippen LogP contribution is 2.62. The summed E-state index contributed by atoms with van der Waals surface area (Å²) in [6, 6.07) is 113. The van der Waals surface area contributed by atoms with E-state index in [1.165, 1.54) is 113 Å². The standard InChI is InChI=1S/C26H32N2O2.C24H34N2.C24H36N2.C20H28N2.C16H20N2.C11H20.3CH4.2H2S/c1-19-17-23(13-14-25(19)29)26(30)20(2)28-16-15-27-18-24(21-9-5-3-6-10-21)22-11-7-4-8-12-22;1-20(21-11-5-2-6-12-21)26-18-17-25-19-24(22-13-7-3-8-14-22)23-15-9-4-10-16-23;1-23(2,3)19-24(4,5)26-17-16-25-18-22(20-12-8-6-9-13-20)21-14-10-7-11-15-21;1-2-3-14-21-15-16-22-17-20(18-10-6-4-7-11-18)19-12-8-5-9-13-19;17-11-12-18-13-16(14-7-3-1-4-8-14)15-9-5-2-6-10-15;1-7-5-9-6-10(8(7)2)11(9,3)4;;;;;/h3-14,17,20,24,26-30H,15-16,18H2,1-2H3;3-4,7-10,13-16,20-21,24-26H,2,5-6,11-12,17-19H2,1H3;6-15,22,25-26H,16-19H2,1-5H3;4-13,20-22H,2-3,14-17H2,1H3;1-10,16,18H,11-13,17H2;7-10H,5-6H2,1-4H3;3*1H4;2*1H2/t;20-;;;;7-,8+,9-,10-;;;;;/m.0...1...../s1. The average molecular weight is 1910 g/mol. The molecule has 0 aromatic heterocycles. The average Bonchev–Trinajstić information content (AvgIpc) is 0.728. The molecule has 4 fully saturated rings. The molecular weight excluding hydrogens is 1730 g/mol. The van der Waals surface area contributed by atoms with Gasteiger partial charge in [-0.3, -0.25) is 0 Å². The van der Waals surface area contributed by atoms with Crippen LogP contribution in [0, 0.1) is 47.3 Å². The van der Waals surface area contributed by atoms with Crippen molar-refractivity contribution in [1.29, 1.82) is 0 Å². The lowest BCUT2D eigenvalue weighted by Crippen LogP contribution is -2.54. The number of nitrogens with two attached hydrogens (primary N) is 1. The fourth-order valence-corrected chi connectivity index (χ4v) is 20.1. The zero-order valence-corrected chi connectivity index (χ0v) is 86.5. The zero-order valence-electron chi connectivity index (χ0n) is 84.5. The van der Waals surface area contributed by atoms with Gasteiger partial charge in [-0.05, 0) is 199 Å². The van der Waals surface area contributed by atoms with Crippen LogP contribution in [0.15, 0.2) is 322 Å². The van der Waals surface area contributed by atoms with Gasteiger partial charge in [-0.2, -0.15) is 27.0 Å². The summed E-state index contributed by atoms with van der Waals surface area (Å²) in [6.07, 6.45) is 13.2. The number of phenols is 1. The summed E-state index contributed by atoms with van der Waals surface area (Å²) in [4.78, 5) is 0. The second-order valence-corrected chi connectivity index (χ2v) is 40.1. The predicted octanol–water partition coefficient (Wildman–Crippen LogP) is 25.9. The number of phenolic OH excluding ortho intramolecular Hbond substituents is 1. The van der Waals surface area contributed by atoms with E-state index in [1.54, 1.807) is 12.1 Å². The Bertz CT molecular complexity index is 4580. The smallest absolute Gasteiger partial charge is 0.118 e. The van der Waals surface area contributed by atoms with Gasteiger partial charge in [0.25, 0.3) is 0 Å². The Morgan fingerprint density at radius 3 is 0.978 bits per heavy atom. The van der Waals surface area contributed by atoms with Gasteiger partial charge in [0.2, 0.25) is 0 Å². The van der Waals surface area contributed by atoms with Crippen LogP contribution in [0.2, 0.25) is 0 Å². The Morgan fingerprint density at radius 2 is 0.688 bits per heavy atom. The molecule has 2 bridgehead atoms. The third kappa shape index (κ3) is 43.1. The van der Waals surface area contributed by atoms with E-state index in [0.717, 1.165) is 145 Å². The zero-order chi connectivity index (χ0) is 94.7. The number of unbranched alkanes of at least 4 members (excludes halogenated alkanes) is 1. The van der Waals surface area contributed by atoms with Crippen LogP contribution in [-0.2, 0) is 0 Å². The van der Waals surface area contributed by atoms with Gasteiger partial charge in [0.1, 0.15) is 5.75 Å². The van der Waals surface area contributed by atoms with Crippen molar-refractivity contribution in [2.45, 2.75) is 230 Å². The Labute approximate surface area is 853 Å². The van der Waals surface area contributed by atoms with Crippen molar-refractivity contribution >= 4 is 27.0 Å². The Balaban J connectivity index is 0.000000349. The molecule has 11 aromatic carbocycles. The molecule has 12 nitrogen and oxygen atoms in total. The number of aliphatic hydroxyl groups is 1. The van der Waals surface area contributed by atoms with Gasteiger partial charge in [0, 0.05) is 145 Å². The van der Waals surface area contributed by atoms with Crippen LogP contribution in [0.1, 0.15) is 272 Å². The number of aryl methyl sites for hydroxylation is 1. The lowest BCUT2D eigenvalue weighted by Gasteiger charge is -2.61. The number of nitrogens with one attached hydrogen (secondary N) is 9. The van der Waals surface area contributed by atoms with Gasteiger partial charge in [0.05, 0.1) is 6.10 Å². The van der Waals surface area contributed by atoms with Gasteiger partial charge in [-0.15, -0.1) is 0 Å². The molecule has 0 saturated heterocycles. The van der Waals surface area contributed by atoms with Gasteiger partial charge >= 0.3 is 0 Å². The predicted molar refractivity (Wildman–Crippen MR) is 610 cm³/mol. The molecule has 756 valence electrons. The number of fused-ring (bicyclic) bond motifs is 2. The third-order valence-electron chi connectivity index (χ3n) is 27.8. The molecule has 4 saturated carbocycles. The fraction of sp³-hybridized carbons (Fsp3) is 0.468. The summed E-state index contributed by atoms with van der Waals surface area (Å²) in [5, 5.41) is 52.5. The second-order valence-electron chi connectivity index (χ2n) is 40.1. The van der Waals surface area contributed by atoms with E-state index in [9.17, 15) is 10.2 Å². The minimum absolute atomic E-state index is 0. The maximum absolute atomic E-state index is 10.6. The van der Waals surface area contributed by atoms with Crippen molar-refractivity contribution in [3.05, 3.63) is 388 Å². The highest BCUT2D eigenvalue weighted by Gasteiger charge is 2.55. The maximum atomic E-state index is 10.6. The van der Waals surface area contributed by atoms with Crippen molar-refractivity contribution in [1.82, 2.24) is 47.9 Å². The highest BCUT2D eigenvalue weighted by molar-refractivity contribution is 7.59. The molecule has 15 rings (SSSR count). The molecule has 0 amide bonds. The third-order valence-corrected chi connectivity index (χ3v) is 27.8. The van der Waals surface area contributed by atoms with Crippen molar-refractivity contribution in [3.8, 4) is 5.75 Å². The van der Waals surface area contributed by atoms with Crippen LogP contribution in [0.4, 0.5) is 0 Å². The van der Waals surface area contributed by atoms with Crippen molar-refractivity contribution in [2.24, 2.45) is 46.2 Å². The molecule has 4 aliphatic carbocycles. The van der Waals surface area contributed by atoms with Crippen LogP contribution in [0.25, 0.3) is 0 Å². The summed E-state index contributed by atoms with van der Waals surface area (Å²) < 4.78 is 0. The first-order valence-corrected chi connectivity index (χ1v) is 50.7. The van der Waals surface area contributed by atoms with E-state index in [2.05, 4.69) is 415 Å². The monoisotopic (exact) mass is 1910 g/mol. The van der Waals surface area contributed by atoms with Gasteiger partial charge < -0.3 is 63.8 Å². The van der Waals surface area contributed by atoms with E-state index < -0.39 is 6.10 Å². The van der Waals surface area contributed by atoms with Gasteiger partial charge in [-0.1, -0.05) is 413 Å². The minimum Gasteiger partial charge on any atom is -0.508 e. The van der Waals surface area contributed by atoms with Gasteiger partial charge in [-0.25, -0.2) is 0 Å². The molecule has 14 heteroatoms. The van der Waals surface area contributed by atoms with Crippen LogP contribution < -0.4 is 53.6 Å². The number of hydrogen-bond donors (Lipinski definition) is 12. The molecule has 0 spiro atoms. The highest BCUT2D eigenvalue weighted by atomic mass is 32.1. The van der Waals surface area contributed by atoms with Crippen molar-refractivity contribution < 1.29 is 10.2 Å². The lowest BCUT2D eigenvalue weighted by molar-refractivity contribution is -0.124. The summed E-state index contributed by atoms with van der Waals surface area (Å²) in [7, 11) is 0. The molecule has 0 aliphatic heterocycles. The van der Waals surface area contributed by atoms with E-state index in [1.807, 2.05) is 32.0 Å². The van der Waals surface area contributed by atoms with Crippen LogP contribution in [-0.4, -0.2) is 133 Å². The number of aliphatic hydroxyl groups excluding tert-OH is 1. The largest absolute Gasteiger partial charge is 0.508 e. The molecule has 13 N–H and O–H groups in total. The van der Waals surface area contributed by atoms with E-state index >= 15 is 0 Å². The number of rotatable bonds is 44. The Kier molecular flexibility index (Phi) is 59.8. The van der Waals surface area contributed by atoms with Crippen LogP contribution in [0.3, 0.4) is 0 Å². The molecule has 7 atom stereocenters. The van der Waals surface area contributed by atoms with Crippen LogP contribution in [0.5, 0.6) is 5.75 Å².